The standard InChI is InChI=1S/C17H21ClF3NO2/c1-16(2,3)24-15(23)22-8-6-11(7-9-22)17(20,21)13-5-4-12(19)10-14(13)18/h4-5,10-11H,6-9H2,1-3H3. The summed E-state index contributed by atoms with van der Waals surface area (Å²) < 4.78 is 47.7. The van der Waals surface area contributed by atoms with Crippen LogP contribution in [0.2, 0.25) is 5.02 Å². The molecule has 1 amide bonds. The van der Waals surface area contributed by atoms with Gasteiger partial charge in [0.15, 0.2) is 0 Å². The fourth-order valence-corrected chi connectivity index (χ4v) is 3.02. The molecule has 1 aliphatic rings. The molecule has 1 saturated heterocycles. The molecule has 0 N–H and O–H groups in total. The minimum atomic E-state index is -3.18. The van der Waals surface area contributed by atoms with E-state index in [2.05, 4.69) is 0 Å². The van der Waals surface area contributed by atoms with Crippen molar-refractivity contribution >= 4 is 17.7 Å². The highest BCUT2D eigenvalue weighted by atomic mass is 35.5. The van der Waals surface area contributed by atoms with E-state index in [1.54, 1.807) is 20.8 Å². The average molecular weight is 364 g/mol. The van der Waals surface area contributed by atoms with E-state index in [4.69, 9.17) is 16.3 Å². The molecule has 24 heavy (non-hydrogen) atoms. The quantitative estimate of drug-likeness (QED) is 0.721. The maximum Gasteiger partial charge on any atom is 0.410 e. The van der Waals surface area contributed by atoms with Crippen molar-refractivity contribution in [3.63, 3.8) is 0 Å². The number of amides is 1. The zero-order valence-electron chi connectivity index (χ0n) is 13.9. The van der Waals surface area contributed by atoms with E-state index in [0.717, 1.165) is 18.2 Å². The Balaban J connectivity index is 2.04. The number of nitrogens with zero attached hydrogens (tertiary/aromatic N) is 1. The third-order valence-electron chi connectivity index (χ3n) is 3.95. The maximum absolute atomic E-state index is 14.7. The summed E-state index contributed by atoms with van der Waals surface area (Å²) in [5.41, 5.74) is -0.999. The highest BCUT2D eigenvalue weighted by Gasteiger charge is 2.44. The van der Waals surface area contributed by atoms with E-state index in [1.165, 1.54) is 4.90 Å². The van der Waals surface area contributed by atoms with Crippen LogP contribution in [0.3, 0.4) is 0 Å². The molecule has 1 aromatic rings. The molecule has 2 rings (SSSR count). The Bertz CT molecular complexity index is 608. The Hall–Kier alpha value is -1.43. The van der Waals surface area contributed by atoms with Crippen LogP contribution >= 0.6 is 11.6 Å². The molecule has 0 bridgehead atoms. The number of hydrogen-bond acceptors (Lipinski definition) is 2. The van der Waals surface area contributed by atoms with Crippen molar-refractivity contribution in [3.05, 3.63) is 34.6 Å². The van der Waals surface area contributed by atoms with E-state index in [9.17, 15) is 18.0 Å². The van der Waals surface area contributed by atoms with E-state index in [0.29, 0.717) is 0 Å². The largest absolute Gasteiger partial charge is 0.444 e. The van der Waals surface area contributed by atoms with E-state index >= 15 is 0 Å². The number of rotatable bonds is 2. The number of halogens is 4. The fraction of sp³-hybridized carbons (Fsp3) is 0.588. The van der Waals surface area contributed by atoms with Crippen molar-refractivity contribution in [3.8, 4) is 0 Å². The number of benzene rings is 1. The first-order valence-electron chi connectivity index (χ1n) is 7.82. The van der Waals surface area contributed by atoms with Gasteiger partial charge in [-0.1, -0.05) is 11.6 Å². The van der Waals surface area contributed by atoms with Crippen molar-refractivity contribution in [1.29, 1.82) is 0 Å². The second-order valence-electron chi connectivity index (χ2n) is 6.99. The number of ether oxygens (including phenoxy) is 1. The van der Waals surface area contributed by atoms with Gasteiger partial charge in [0.05, 0.1) is 5.02 Å². The summed E-state index contributed by atoms with van der Waals surface area (Å²) in [7, 11) is 0. The molecule has 0 aromatic heterocycles. The third kappa shape index (κ3) is 4.35. The van der Waals surface area contributed by atoms with Crippen LogP contribution in [-0.2, 0) is 10.7 Å². The van der Waals surface area contributed by atoms with Crippen molar-refractivity contribution in [1.82, 2.24) is 4.90 Å². The van der Waals surface area contributed by atoms with Crippen LogP contribution in [0.15, 0.2) is 18.2 Å². The zero-order chi connectivity index (χ0) is 18.1. The monoisotopic (exact) mass is 363 g/mol. The number of carbonyl (C=O) groups is 1. The summed E-state index contributed by atoms with van der Waals surface area (Å²) in [6.45, 7) is 5.63. The second kappa shape index (κ2) is 6.82. The Morgan fingerprint density at radius 1 is 1.25 bits per heavy atom. The summed E-state index contributed by atoms with van der Waals surface area (Å²) in [5.74, 6) is -4.79. The van der Waals surface area contributed by atoms with Gasteiger partial charge in [-0.2, -0.15) is 0 Å². The van der Waals surface area contributed by atoms with Crippen molar-refractivity contribution < 1.29 is 22.7 Å². The summed E-state index contributed by atoms with van der Waals surface area (Å²) in [5, 5.41) is -0.283. The third-order valence-corrected chi connectivity index (χ3v) is 4.26. The fourth-order valence-electron chi connectivity index (χ4n) is 2.73. The van der Waals surface area contributed by atoms with Gasteiger partial charge in [0, 0.05) is 24.6 Å². The zero-order valence-corrected chi connectivity index (χ0v) is 14.7. The summed E-state index contributed by atoms with van der Waals surface area (Å²) >= 11 is 5.78. The SMILES string of the molecule is CC(C)(C)OC(=O)N1CCC(C(F)(F)c2ccc(F)cc2Cl)CC1. The van der Waals surface area contributed by atoms with Gasteiger partial charge in [-0.25, -0.2) is 18.0 Å². The van der Waals surface area contributed by atoms with Crippen LogP contribution in [0.1, 0.15) is 39.2 Å². The lowest BCUT2D eigenvalue weighted by molar-refractivity contribution is -0.0860. The molecule has 0 spiro atoms. The summed E-state index contributed by atoms with van der Waals surface area (Å²) in [4.78, 5) is 13.4. The Morgan fingerprint density at radius 2 is 1.83 bits per heavy atom. The number of likely N-dealkylation sites (tertiary alicyclic amines) is 1. The first kappa shape index (κ1) is 18.9. The topological polar surface area (TPSA) is 29.5 Å². The smallest absolute Gasteiger partial charge is 0.410 e. The normalized spacial score (nSPS) is 17.0. The van der Waals surface area contributed by atoms with Gasteiger partial charge in [0.2, 0.25) is 0 Å². The van der Waals surface area contributed by atoms with Crippen LogP contribution in [0.4, 0.5) is 18.0 Å². The molecule has 0 radical (unpaired) electrons. The second-order valence-corrected chi connectivity index (χ2v) is 7.40. The van der Waals surface area contributed by atoms with Gasteiger partial charge in [-0.3, -0.25) is 0 Å². The van der Waals surface area contributed by atoms with Crippen LogP contribution < -0.4 is 0 Å². The number of carbonyl (C=O) groups excluding carboxylic acids is 1. The molecule has 0 aliphatic carbocycles. The highest BCUT2D eigenvalue weighted by Crippen LogP contribution is 2.44. The average Bonchev–Trinajstić information content (AvgIpc) is 2.45. The molecule has 134 valence electrons. The first-order valence-corrected chi connectivity index (χ1v) is 8.20. The Kier molecular flexibility index (Phi) is 5.37. The molecular weight excluding hydrogens is 343 g/mol. The van der Waals surface area contributed by atoms with Gasteiger partial charge < -0.3 is 9.64 Å². The minimum Gasteiger partial charge on any atom is -0.444 e. The van der Waals surface area contributed by atoms with Gasteiger partial charge in [-0.05, 0) is 51.8 Å². The predicted molar refractivity (Wildman–Crippen MR) is 85.8 cm³/mol. The predicted octanol–water partition coefficient (Wildman–Crippen LogP) is 5.22. The molecule has 1 aromatic carbocycles. The minimum absolute atomic E-state index is 0.125. The number of alkyl halides is 2. The van der Waals surface area contributed by atoms with Gasteiger partial charge in [-0.15, -0.1) is 0 Å². The molecule has 3 nitrogen and oxygen atoms in total. The van der Waals surface area contributed by atoms with Gasteiger partial charge in [0.25, 0.3) is 5.92 Å². The molecular formula is C17H21ClF3NO2. The molecule has 0 saturated carbocycles. The van der Waals surface area contributed by atoms with Crippen molar-refractivity contribution in [2.45, 2.75) is 45.1 Å². The summed E-state index contributed by atoms with van der Waals surface area (Å²) in [6, 6.07) is 2.89. The van der Waals surface area contributed by atoms with E-state index in [1.807, 2.05) is 0 Å². The number of piperidine rings is 1. The lowest BCUT2D eigenvalue weighted by Gasteiger charge is -2.36. The molecule has 1 heterocycles. The van der Waals surface area contributed by atoms with Gasteiger partial charge >= 0.3 is 6.09 Å². The van der Waals surface area contributed by atoms with Gasteiger partial charge in [0.1, 0.15) is 11.4 Å². The highest BCUT2D eigenvalue weighted by molar-refractivity contribution is 6.31. The van der Waals surface area contributed by atoms with E-state index in [-0.39, 0.29) is 36.5 Å². The summed E-state index contributed by atoms with van der Waals surface area (Å²) in [6.07, 6.45) is -0.246. The lowest BCUT2D eigenvalue weighted by atomic mass is 9.86. The van der Waals surface area contributed by atoms with Crippen LogP contribution in [0.5, 0.6) is 0 Å². The van der Waals surface area contributed by atoms with Crippen LogP contribution in [0.25, 0.3) is 0 Å². The number of hydrogen-bond donors (Lipinski definition) is 0. The first-order chi connectivity index (χ1) is 11.0. The van der Waals surface area contributed by atoms with Crippen LogP contribution in [0, 0.1) is 11.7 Å². The molecule has 1 aliphatic heterocycles. The molecule has 7 heteroatoms. The molecule has 0 unspecified atom stereocenters. The Morgan fingerprint density at radius 3 is 2.33 bits per heavy atom. The lowest BCUT2D eigenvalue weighted by Crippen LogP contribution is -2.44. The van der Waals surface area contributed by atoms with Crippen molar-refractivity contribution in [2.24, 2.45) is 5.92 Å². The maximum atomic E-state index is 14.7. The Labute approximate surface area is 144 Å². The van der Waals surface area contributed by atoms with E-state index < -0.39 is 29.4 Å². The van der Waals surface area contributed by atoms with Crippen molar-refractivity contribution in [2.75, 3.05) is 13.1 Å². The molecule has 1 fully saturated rings. The van der Waals surface area contributed by atoms with Crippen LogP contribution in [-0.4, -0.2) is 29.7 Å². The molecule has 0 atom stereocenters.